The fraction of sp³-hybridized carbons (Fsp3) is 0.619. The van der Waals surface area contributed by atoms with E-state index in [1.807, 2.05) is 0 Å². The molecule has 2 amide bonds. The summed E-state index contributed by atoms with van der Waals surface area (Å²) in [5.41, 5.74) is 0.597. The lowest BCUT2D eigenvalue weighted by molar-refractivity contribution is -0.148. The van der Waals surface area contributed by atoms with Crippen molar-refractivity contribution >= 4 is 11.8 Å². The number of hydrogen-bond acceptors (Lipinski definition) is 2. The molecule has 1 aromatic carbocycles. The molecule has 2 N–H and O–H groups in total. The van der Waals surface area contributed by atoms with E-state index in [1.54, 1.807) is 19.1 Å². The first-order valence-corrected chi connectivity index (χ1v) is 9.77. The summed E-state index contributed by atoms with van der Waals surface area (Å²) in [6.45, 7) is 2.06. The molecule has 140 valence electrons. The van der Waals surface area contributed by atoms with Gasteiger partial charge in [-0.3, -0.25) is 9.59 Å². The van der Waals surface area contributed by atoms with Crippen molar-refractivity contribution < 1.29 is 14.0 Å². The lowest BCUT2D eigenvalue weighted by Gasteiger charge is -2.55. The Labute approximate surface area is 153 Å². The molecule has 4 nitrogen and oxygen atoms in total. The number of nitrogens with one attached hydrogen (secondary N) is 2. The summed E-state index contributed by atoms with van der Waals surface area (Å²) in [4.78, 5) is 25.3. The first-order valence-electron chi connectivity index (χ1n) is 9.77. The quantitative estimate of drug-likeness (QED) is 0.849. The molecule has 5 rings (SSSR count). The average Bonchev–Trinajstić information content (AvgIpc) is 2.59. The maximum Gasteiger partial charge on any atom is 0.242 e. The minimum absolute atomic E-state index is 0.0704. The molecule has 0 unspecified atom stereocenters. The zero-order valence-electron chi connectivity index (χ0n) is 15.3. The molecule has 0 radical (unpaired) electrons. The minimum Gasteiger partial charge on any atom is -0.350 e. The molecule has 4 aliphatic carbocycles. The molecule has 0 aromatic heterocycles. The van der Waals surface area contributed by atoms with E-state index in [1.165, 1.54) is 31.4 Å². The van der Waals surface area contributed by atoms with Crippen molar-refractivity contribution in [2.24, 2.45) is 23.2 Å². The fourth-order valence-corrected chi connectivity index (χ4v) is 5.75. The SMILES string of the molecule is C[C@H](NC(=O)C12CC3CC(CC(C3)C1)C2)C(=O)NCc1ccc(F)cc1. The van der Waals surface area contributed by atoms with Gasteiger partial charge in [0.05, 0.1) is 0 Å². The number of halogens is 1. The van der Waals surface area contributed by atoms with Gasteiger partial charge in [-0.15, -0.1) is 0 Å². The fourth-order valence-electron chi connectivity index (χ4n) is 5.75. The lowest BCUT2D eigenvalue weighted by Crippen LogP contribution is -2.56. The van der Waals surface area contributed by atoms with Crippen molar-refractivity contribution in [2.45, 2.75) is 58.0 Å². The monoisotopic (exact) mass is 358 g/mol. The average molecular weight is 358 g/mol. The molecule has 26 heavy (non-hydrogen) atoms. The van der Waals surface area contributed by atoms with Crippen LogP contribution in [0, 0.1) is 29.0 Å². The molecule has 4 bridgehead atoms. The van der Waals surface area contributed by atoms with Crippen LogP contribution in [0.5, 0.6) is 0 Å². The van der Waals surface area contributed by atoms with Crippen LogP contribution in [0.15, 0.2) is 24.3 Å². The van der Waals surface area contributed by atoms with E-state index in [0.717, 1.165) is 24.8 Å². The number of benzene rings is 1. The highest BCUT2D eigenvalue weighted by atomic mass is 19.1. The summed E-state index contributed by atoms with van der Waals surface area (Å²) in [5, 5.41) is 5.79. The van der Waals surface area contributed by atoms with Crippen LogP contribution in [0.25, 0.3) is 0 Å². The van der Waals surface area contributed by atoms with E-state index in [9.17, 15) is 14.0 Å². The Morgan fingerprint density at radius 2 is 1.62 bits per heavy atom. The van der Waals surface area contributed by atoms with Gasteiger partial charge < -0.3 is 10.6 Å². The summed E-state index contributed by atoms with van der Waals surface area (Å²) in [6.07, 6.45) is 6.86. The third-order valence-corrected chi connectivity index (χ3v) is 6.64. The van der Waals surface area contributed by atoms with Crippen LogP contribution in [-0.2, 0) is 16.1 Å². The largest absolute Gasteiger partial charge is 0.350 e. The first-order chi connectivity index (χ1) is 12.4. The van der Waals surface area contributed by atoms with Crippen LogP contribution in [0.3, 0.4) is 0 Å². The van der Waals surface area contributed by atoms with Crippen LogP contribution in [0.2, 0.25) is 0 Å². The smallest absolute Gasteiger partial charge is 0.242 e. The summed E-state index contributed by atoms with van der Waals surface area (Å²) in [5.74, 6) is 1.68. The zero-order valence-corrected chi connectivity index (χ0v) is 15.3. The van der Waals surface area contributed by atoms with Crippen molar-refractivity contribution in [3.63, 3.8) is 0 Å². The summed E-state index contributed by atoms with van der Waals surface area (Å²) >= 11 is 0. The first kappa shape index (κ1) is 17.5. The number of hydrogen-bond donors (Lipinski definition) is 2. The van der Waals surface area contributed by atoms with Crippen LogP contribution in [-0.4, -0.2) is 17.9 Å². The third kappa shape index (κ3) is 3.36. The lowest BCUT2D eigenvalue weighted by atomic mass is 9.49. The predicted molar refractivity (Wildman–Crippen MR) is 96.5 cm³/mol. The van der Waals surface area contributed by atoms with E-state index in [2.05, 4.69) is 10.6 Å². The van der Waals surface area contributed by atoms with Gasteiger partial charge in [-0.2, -0.15) is 0 Å². The Morgan fingerprint density at radius 3 is 2.15 bits per heavy atom. The Kier molecular flexibility index (Phi) is 4.49. The normalized spacial score (nSPS) is 32.9. The van der Waals surface area contributed by atoms with Crippen LogP contribution < -0.4 is 10.6 Å². The Hall–Kier alpha value is -1.91. The second-order valence-corrected chi connectivity index (χ2v) is 8.74. The van der Waals surface area contributed by atoms with E-state index in [0.29, 0.717) is 24.3 Å². The molecule has 1 aromatic rings. The maximum absolute atomic E-state index is 13.0. The van der Waals surface area contributed by atoms with Crippen LogP contribution in [0.4, 0.5) is 4.39 Å². The highest BCUT2D eigenvalue weighted by molar-refractivity contribution is 5.90. The van der Waals surface area contributed by atoms with E-state index < -0.39 is 6.04 Å². The van der Waals surface area contributed by atoms with Gasteiger partial charge in [-0.05, 0) is 80.9 Å². The van der Waals surface area contributed by atoms with Crippen molar-refractivity contribution in [3.05, 3.63) is 35.6 Å². The van der Waals surface area contributed by atoms with Gasteiger partial charge >= 0.3 is 0 Å². The topological polar surface area (TPSA) is 58.2 Å². The molecular formula is C21H27FN2O2. The molecule has 4 aliphatic rings. The number of amides is 2. The Bertz CT molecular complexity index is 665. The maximum atomic E-state index is 13.0. The van der Waals surface area contributed by atoms with Crippen molar-refractivity contribution in [2.75, 3.05) is 0 Å². The molecule has 0 aliphatic heterocycles. The highest BCUT2D eigenvalue weighted by Crippen LogP contribution is 2.60. The van der Waals surface area contributed by atoms with Gasteiger partial charge in [0.25, 0.3) is 0 Å². The molecule has 1 atom stereocenters. The molecule has 0 heterocycles. The van der Waals surface area contributed by atoms with Gasteiger partial charge in [-0.25, -0.2) is 4.39 Å². The minimum atomic E-state index is -0.559. The number of carbonyl (C=O) groups is 2. The molecular weight excluding hydrogens is 331 g/mol. The van der Waals surface area contributed by atoms with E-state index in [-0.39, 0.29) is 23.0 Å². The van der Waals surface area contributed by atoms with Crippen molar-refractivity contribution in [1.29, 1.82) is 0 Å². The Balaban J connectivity index is 1.32. The predicted octanol–water partition coefficient (Wildman–Crippen LogP) is 3.16. The van der Waals surface area contributed by atoms with Gasteiger partial charge in [-0.1, -0.05) is 12.1 Å². The van der Waals surface area contributed by atoms with Crippen molar-refractivity contribution in [1.82, 2.24) is 10.6 Å². The van der Waals surface area contributed by atoms with Gasteiger partial charge in [0.2, 0.25) is 11.8 Å². The molecule has 4 fully saturated rings. The third-order valence-electron chi connectivity index (χ3n) is 6.64. The van der Waals surface area contributed by atoms with Crippen molar-refractivity contribution in [3.8, 4) is 0 Å². The summed E-state index contributed by atoms with van der Waals surface area (Å²) in [6, 6.07) is 5.48. The molecule has 0 saturated heterocycles. The standard InChI is InChI=1S/C21H27FN2O2/c1-13(19(25)23-12-14-2-4-18(22)5-3-14)24-20(26)21-9-15-6-16(10-21)8-17(7-15)11-21/h2-5,13,15-17H,6-12H2,1H3,(H,23,25)(H,24,26)/t13-,15?,16?,17?,21?/m0/s1. The molecule has 4 saturated carbocycles. The number of rotatable bonds is 5. The van der Waals surface area contributed by atoms with E-state index >= 15 is 0 Å². The van der Waals surface area contributed by atoms with E-state index in [4.69, 9.17) is 0 Å². The van der Waals surface area contributed by atoms with Gasteiger partial charge in [0, 0.05) is 12.0 Å². The summed E-state index contributed by atoms with van der Waals surface area (Å²) < 4.78 is 12.9. The highest BCUT2D eigenvalue weighted by Gasteiger charge is 2.54. The Morgan fingerprint density at radius 1 is 1.08 bits per heavy atom. The summed E-state index contributed by atoms with van der Waals surface area (Å²) in [7, 11) is 0. The van der Waals surface area contributed by atoms with Crippen LogP contribution >= 0.6 is 0 Å². The second kappa shape index (κ2) is 6.67. The number of carbonyl (C=O) groups excluding carboxylic acids is 2. The van der Waals surface area contributed by atoms with Gasteiger partial charge in [0.15, 0.2) is 0 Å². The van der Waals surface area contributed by atoms with Gasteiger partial charge in [0.1, 0.15) is 11.9 Å². The second-order valence-electron chi connectivity index (χ2n) is 8.74. The zero-order chi connectivity index (χ0) is 18.3. The van der Waals surface area contributed by atoms with Crippen LogP contribution in [0.1, 0.15) is 51.0 Å². The molecule has 0 spiro atoms. The molecule has 5 heteroatoms.